The third-order valence-electron chi connectivity index (χ3n) is 2.16. The molecule has 0 spiro atoms. The zero-order chi connectivity index (χ0) is 14.6. The molecule has 0 heterocycles. The van der Waals surface area contributed by atoms with Crippen molar-refractivity contribution in [2.24, 2.45) is 0 Å². The van der Waals surface area contributed by atoms with E-state index in [2.05, 4.69) is 15.9 Å². The SMILES string of the molecule is Nc1ccc(Br)c(C(=O)N(CC(=O)O)CC(=O)O)c1. The molecule has 8 heteroatoms. The number of nitrogens with two attached hydrogens (primary N) is 1. The highest BCUT2D eigenvalue weighted by molar-refractivity contribution is 9.10. The maximum atomic E-state index is 12.1. The van der Waals surface area contributed by atoms with Crippen LogP contribution in [-0.4, -0.2) is 46.0 Å². The summed E-state index contributed by atoms with van der Waals surface area (Å²) >= 11 is 3.13. The minimum Gasteiger partial charge on any atom is -0.480 e. The lowest BCUT2D eigenvalue weighted by molar-refractivity contribution is -0.140. The first-order valence-electron chi connectivity index (χ1n) is 5.09. The van der Waals surface area contributed by atoms with Gasteiger partial charge in [0.15, 0.2) is 0 Å². The molecule has 0 radical (unpaired) electrons. The molecular weight excluding hydrogens is 320 g/mol. The number of aliphatic carboxylic acids is 2. The van der Waals surface area contributed by atoms with Gasteiger partial charge in [0.25, 0.3) is 5.91 Å². The molecule has 1 aromatic carbocycles. The fourth-order valence-corrected chi connectivity index (χ4v) is 1.82. The van der Waals surface area contributed by atoms with Crippen molar-refractivity contribution in [1.82, 2.24) is 4.90 Å². The smallest absolute Gasteiger partial charge is 0.323 e. The number of carbonyl (C=O) groups is 3. The third-order valence-corrected chi connectivity index (χ3v) is 2.85. The summed E-state index contributed by atoms with van der Waals surface area (Å²) in [7, 11) is 0. The second kappa shape index (κ2) is 6.19. The number of hydrogen-bond donors (Lipinski definition) is 3. The van der Waals surface area contributed by atoms with Crippen LogP contribution in [0.25, 0.3) is 0 Å². The van der Waals surface area contributed by atoms with E-state index in [0.29, 0.717) is 15.1 Å². The minimum atomic E-state index is -1.30. The first kappa shape index (κ1) is 15.0. The normalized spacial score (nSPS) is 9.95. The lowest BCUT2D eigenvalue weighted by Gasteiger charge is -2.19. The van der Waals surface area contributed by atoms with E-state index in [9.17, 15) is 14.4 Å². The van der Waals surface area contributed by atoms with Crippen LogP contribution in [0.15, 0.2) is 22.7 Å². The summed E-state index contributed by atoms with van der Waals surface area (Å²) < 4.78 is 0.410. The van der Waals surface area contributed by atoms with E-state index in [4.69, 9.17) is 15.9 Å². The molecule has 0 atom stereocenters. The van der Waals surface area contributed by atoms with Crippen LogP contribution in [-0.2, 0) is 9.59 Å². The molecule has 0 fully saturated rings. The number of carbonyl (C=O) groups excluding carboxylic acids is 1. The topological polar surface area (TPSA) is 121 Å². The van der Waals surface area contributed by atoms with Gasteiger partial charge in [0.05, 0.1) is 5.56 Å². The highest BCUT2D eigenvalue weighted by Gasteiger charge is 2.22. The largest absolute Gasteiger partial charge is 0.480 e. The Morgan fingerprint density at radius 3 is 2.16 bits per heavy atom. The summed E-state index contributed by atoms with van der Waals surface area (Å²) in [5.74, 6) is -3.31. The van der Waals surface area contributed by atoms with Gasteiger partial charge in [-0.1, -0.05) is 0 Å². The molecule has 0 aromatic heterocycles. The molecule has 1 aromatic rings. The molecule has 0 bridgehead atoms. The molecule has 4 N–H and O–H groups in total. The molecule has 0 aliphatic carbocycles. The van der Waals surface area contributed by atoms with Crippen LogP contribution in [0.4, 0.5) is 5.69 Å². The average Bonchev–Trinajstić information content (AvgIpc) is 2.29. The monoisotopic (exact) mass is 330 g/mol. The summed E-state index contributed by atoms with van der Waals surface area (Å²) in [5, 5.41) is 17.4. The summed E-state index contributed by atoms with van der Waals surface area (Å²) in [6.07, 6.45) is 0. The van der Waals surface area contributed by atoms with Crippen LogP contribution >= 0.6 is 15.9 Å². The number of hydrogen-bond acceptors (Lipinski definition) is 4. The van der Waals surface area contributed by atoms with Gasteiger partial charge in [0.1, 0.15) is 13.1 Å². The molecule has 0 saturated heterocycles. The van der Waals surface area contributed by atoms with Crippen molar-refractivity contribution < 1.29 is 24.6 Å². The number of anilines is 1. The molecular formula is C11H11BrN2O5. The Hall–Kier alpha value is -2.09. The maximum Gasteiger partial charge on any atom is 0.323 e. The Bertz CT molecular complexity index is 516. The van der Waals surface area contributed by atoms with E-state index < -0.39 is 30.9 Å². The predicted octanol–water partition coefficient (Wildman–Crippen LogP) is 0.643. The molecule has 7 nitrogen and oxygen atoms in total. The van der Waals surface area contributed by atoms with Crippen LogP contribution in [0, 0.1) is 0 Å². The Morgan fingerprint density at radius 1 is 1.16 bits per heavy atom. The lowest BCUT2D eigenvalue weighted by atomic mass is 10.1. The quantitative estimate of drug-likeness (QED) is 0.681. The second-order valence-corrected chi connectivity index (χ2v) is 4.54. The molecule has 0 saturated carbocycles. The first-order chi connectivity index (χ1) is 8.81. The molecule has 19 heavy (non-hydrogen) atoms. The zero-order valence-corrected chi connectivity index (χ0v) is 11.3. The van der Waals surface area contributed by atoms with Crippen molar-refractivity contribution in [3.63, 3.8) is 0 Å². The standard InChI is InChI=1S/C11H11BrN2O5/c12-8-2-1-6(13)3-7(8)11(19)14(4-9(15)16)5-10(17)18/h1-3H,4-5,13H2,(H,15,16)(H,17,18). The van der Waals surface area contributed by atoms with Crippen LogP contribution < -0.4 is 5.73 Å². The molecule has 0 aliphatic heterocycles. The van der Waals surface area contributed by atoms with Gasteiger partial charge in [-0.3, -0.25) is 14.4 Å². The van der Waals surface area contributed by atoms with E-state index in [0.717, 1.165) is 0 Å². The number of carboxylic acid groups (broad SMARTS) is 2. The number of amides is 1. The van der Waals surface area contributed by atoms with Crippen molar-refractivity contribution in [2.45, 2.75) is 0 Å². The van der Waals surface area contributed by atoms with Gasteiger partial charge in [0.2, 0.25) is 0 Å². The Balaban J connectivity index is 3.07. The van der Waals surface area contributed by atoms with E-state index in [1.807, 2.05) is 0 Å². The fraction of sp³-hybridized carbons (Fsp3) is 0.182. The summed E-state index contributed by atoms with van der Waals surface area (Å²) in [6.45, 7) is -1.40. The third kappa shape index (κ3) is 4.25. The molecule has 1 rings (SSSR count). The van der Waals surface area contributed by atoms with Gasteiger partial charge in [-0.25, -0.2) is 0 Å². The molecule has 0 aliphatic rings. The predicted molar refractivity (Wildman–Crippen MR) is 69.7 cm³/mol. The summed E-state index contributed by atoms with van der Waals surface area (Å²) in [5.41, 5.74) is 5.97. The van der Waals surface area contributed by atoms with E-state index in [1.54, 1.807) is 6.07 Å². The van der Waals surface area contributed by atoms with Crippen molar-refractivity contribution in [3.05, 3.63) is 28.2 Å². The number of rotatable bonds is 5. The van der Waals surface area contributed by atoms with Crippen molar-refractivity contribution >= 4 is 39.5 Å². The van der Waals surface area contributed by atoms with E-state index in [-0.39, 0.29) is 5.56 Å². The number of carboxylic acids is 2. The van der Waals surface area contributed by atoms with Crippen LogP contribution in [0.1, 0.15) is 10.4 Å². The number of nitrogens with zero attached hydrogens (tertiary/aromatic N) is 1. The molecule has 1 amide bonds. The van der Waals surface area contributed by atoms with Gasteiger partial charge in [-0.15, -0.1) is 0 Å². The zero-order valence-electron chi connectivity index (χ0n) is 9.67. The van der Waals surface area contributed by atoms with E-state index in [1.165, 1.54) is 12.1 Å². The first-order valence-corrected chi connectivity index (χ1v) is 5.88. The van der Waals surface area contributed by atoms with Crippen molar-refractivity contribution in [1.29, 1.82) is 0 Å². The van der Waals surface area contributed by atoms with E-state index >= 15 is 0 Å². The van der Waals surface area contributed by atoms with Gasteiger partial charge >= 0.3 is 11.9 Å². The summed E-state index contributed by atoms with van der Waals surface area (Å²) in [6, 6.07) is 4.44. The number of benzene rings is 1. The highest BCUT2D eigenvalue weighted by atomic mass is 79.9. The number of nitrogen functional groups attached to an aromatic ring is 1. The number of halogens is 1. The Kier molecular flexibility index (Phi) is 4.87. The highest BCUT2D eigenvalue weighted by Crippen LogP contribution is 2.21. The van der Waals surface area contributed by atoms with Crippen LogP contribution in [0.2, 0.25) is 0 Å². The van der Waals surface area contributed by atoms with Gasteiger partial charge in [-0.2, -0.15) is 0 Å². The fourth-order valence-electron chi connectivity index (χ4n) is 1.40. The average molecular weight is 331 g/mol. The van der Waals surface area contributed by atoms with Crippen LogP contribution in [0.5, 0.6) is 0 Å². The maximum absolute atomic E-state index is 12.1. The van der Waals surface area contributed by atoms with Crippen LogP contribution in [0.3, 0.4) is 0 Å². The van der Waals surface area contributed by atoms with Gasteiger partial charge in [0, 0.05) is 10.2 Å². The van der Waals surface area contributed by atoms with Crippen molar-refractivity contribution in [2.75, 3.05) is 18.8 Å². The van der Waals surface area contributed by atoms with Crippen molar-refractivity contribution in [3.8, 4) is 0 Å². The molecule has 102 valence electrons. The van der Waals surface area contributed by atoms with Gasteiger partial charge < -0.3 is 20.8 Å². The summed E-state index contributed by atoms with van der Waals surface area (Å²) in [4.78, 5) is 34.1. The Labute approximate surface area is 116 Å². The van der Waals surface area contributed by atoms with Gasteiger partial charge in [-0.05, 0) is 34.1 Å². The second-order valence-electron chi connectivity index (χ2n) is 3.69. The Morgan fingerprint density at radius 2 is 1.68 bits per heavy atom. The lowest BCUT2D eigenvalue weighted by Crippen LogP contribution is -2.39. The molecule has 0 unspecified atom stereocenters. The minimum absolute atomic E-state index is 0.113.